The summed E-state index contributed by atoms with van der Waals surface area (Å²) in [7, 11) is 0. The highest BCUT2D eigenvalue weighted by molar-refractivity contribution is 9.10. The molecule has 1 N–H and O–H groups in total. The highest BCUT2D eigenvalue weighted by atomic mass is 79.9. The summed E-state index contributed by atoms with van der Waals surface area (Å²) in [6.45, 7) is 2.08. The average Bonchev–Trinajstić information content (AvgIpc) is 2.66. The zero-order chi connectivity index (χ0) is 11.7. The van der Waals surface area contributed by atoms with Crippen LogP contribution in [0.5, 0.6) is 0 Å². The van der Waals surface area contributed by atoms with Crippen molar-refractivity contribution in [3.63, 3.8) is 0 Å². The van der Waals surface area contributed by atoms with Crippen molar-refractivity contribution in [3.05, 3.63) is 45.8 Å². The van der Waals surface area contributed by atoms with E-state index in [2.05, 4.69) is 21.2 Å². The van der Waals surface area contributed by atoms with Crippen LogP contribution in [-0.2, 0) is 4.79 Å². The van der Waals surface area contributed by atoms with E-state index in [9.17, 15) is 9.18 Å². The maximum Gasteiger partial charge on any atom is 0.175 e. The van der Waals surface area contributed by atoms with Crippen molar-refractivity contribution in [2.24, 2.45) is 0 Å². The third-order valence-corrected chi connectivity index (χ3v) is 3.11. The molecule has 0 amide bonds. The lowest BCUT2D eigenvalue weighted by atomic mass is 9.99. The number of hydrogen-bond acceptors (Lipinski definition) is 2. The average molecular weight is 284 g/mol. The molecule has 0 spiro atoms. The van der Waals surface area contributed by atoms with E-state index in [0.717, 1.165) is 4.47 Å². The van der Waals surface area contributed by atoms with E-state index in [4.69, 9.17) is 0 Å². The fourth-order valence-corrected chi connectivity index (χ4v) is 2.12. The van der Waals surface area contributed by atoms with E-state index in [1.54, 1.807) is 18.2 Å². The number of allylic oxidation sites excluding steroid dienone is 1. The molecule has 0 radical (unpaired) electrons. The Kier molecular flexibility index (Phi) is 3.10. The summed E-state index contributed by atoms with van der Waals surface area (Å²) in [5, 5.41) is 2.98. The van der Waals surface area contributed by atoms with Gasteiger partial charge in [0.05, 0.1) is 5.70 Å². The molecule has 1 unspecified atom stereocenters. The summed E-state index contributed by atoms with van der Waals surface area (Å²) in [4.78, 5) is 11.1. The molecule has 16 heavy (non-hydrogen) atoms. The SMILES string of the molecule is CC(=O)C1=CC(c2ccc(Br)cc2F)CN1. The number of hydrogen-bond donors (Lipinski definition) is 1. The van der Waals surface area contributed by atoms with E-state index < -0.39 is 0 Å². The van der Waals surface area contributed by atoms with Gasteiger partial charge in [-0.25, -0.2) is 4.39 Å². The third kappa shape index (κ3) is 2.16. The number of Topliss-reactive ketones (excluding diaryl/α,β-unsaturated/α-hetero) is 1. The zero-order valence-corrected chi connectivity index (χ0v) is 10.3. The van der Waals surface area contributed by atoms with E-state index in [-0.39, 0.29) is 17.5 Å². The molecule has 1 aromatic rings. The van der Waals surface area contributed by atoms with Crippen LogP contribution < -0.4 is 5.32 Å². The molecular formula is C12H11BrFNO. The largest absolute Gasteiger partial charge is 0.381 e. The third-order valence-electron chi connectivity index (χ3n) is 2.62. The molecule has 1 aliphatic heterocycles. The zero-order valence-electron chi connectivity index (χ0n) is 8.76. The summed E-state index contributed by atoms with van der Waals surface area (Å²) in [6, 6.07) is 4.98. The van der Waals surface area contributed by atoms with Crippen molar-refractivity contribution in [3.8, 4) is 0 Å². The maximum absolute atomic E-state index is 13.7. The van der Waals surface area contributed by atoms with Crippen LogP contribution in [0.3, 0.4) is 0 Å². The number of carbonyl (C=O) groups excluding carboxylic acids is 1. The number of benzene rings is 1. The topological polar surface area (TPSA) is 29.1 Å². The Labute approximate surface area is 102 Å². The van der Waals surface area contributed by atoms with Gasteiger partial charge in [0.15, 0.2) is 5.78 Å². The second-order valence-corrected chi connectivity index (χ2v) is 4.71. The van der Waals surface area contributed by atoms with Crippen molar-refractivity contribution in [2.75, 3.05) is 6.54 Å². The van der Waals surface area contributed by atoms with E-state index >= 15 is 0 Å². The summed E-state index contributed by atoms with van der Waals surface area (Å²) in [6.07, 6.45) is 1.79. The highest BCUT2D eigenvalue weighted by Crippen LogP contribution is 2.27. The van der Waals surface area contributed by atoms with Gasteiger partial charge in [0.1, 0.15) is 5.82 Å². The Hall–Kier alpha value is -1.16. The number of carbonyl (C=O) groups is 1. The molecule has 0 aromatic heterocycles. The monoisotopic (exact) mass is 283 g/mol. The Bertz CT molecular complexity index is 470. The van der Waals surface area contributed by atoms with Gasteiger partial charge in [-0.05, 0) is 23.8 Å². The normalized spacial score (nSPS) is 19.2. The van der Waals surface area contributed by atoms with Crippen LogP contribution in [0.4, 0.5) is 4.39 Å². The molecule has 0 saturated heterocycles. The lowest BCUT2D eigenvalue weighted by Gasteiger charge is -2.08. The Morgan fingerprint density at radius 1 is 1.56 bits per heavy atom. The molecule has 1 atom stereocenters. The van der Waals surface area contributed by atoms with E-state index in [0.29, 0.717) is 17.8 Å². The van der Waals surface area contributed by atoms with Crippen molar-refractivity contribution in [2.45, 2.75) is 12.8 Å². The molecule has 2 rings (SSSR count). The van der Waals surface area contributed by atoms with Crippen LogP contribution in [0.15, 0.2) is 34.4 Å². The van der Waals surface area contributed by atoms with Crippen molar-refractivity contribution in [1.82, 2.24) is 5.32 Å². The maximum atomic E-state index is 13.7. The second-order valence-electron chi connectivity index (χ2n) is 3.79. The van der Waals surface area contributed by atoms with Gasteiger partial charge in [-0.3, -0.25) is 4.79 Å². The highest BCUT2D eigenvalue weighted by Gasteiger charge is 2.21. The predicted octanol–water partition coefficient (Wildman–Crippen LogP) is 2.75. The summed E-state index contributed by atoms with van der Waals surface area (Å²) < 4.78 is 14.4. The molecule has 1 aliphatic rings. The van der Waals surface area contributed by atoms with Crippen molar-refractivity contribution >= 4 is 21.7 Å². The van der Waals surface area contributed by atoms with Crippen LogP contribution in [0.1, 0.15) is 18.4 Å². The van der Waals surface area contributed by atoms with Crippen LogP contribution in [0.25, 0.3) is 0 Å². The molecule has 1 aromatic carbocycles. The Morgan fingerprint density at radius 3 is 2.88 bits per heavy atom. The van der Waals surface area contributed by atoms with Gasteiger partial charge in [-0.1, -0.05) is 22.0 Å². The summed E-state index contributed by atoms with van der Waals surface area (Å²) in [5.41, 5.74) is 1.19. The first-order valence-electron chi connectivity index (χ1n) is 4.99. The van der Waals surface area contributed by atoms with Gasteiger partial charge < -0.3 is 5.32 Å². The minimum Gasteiger partial charge on any atom is -0.381 e. The first-order valence-corrected chi connectivity index (χ1v) is 5.79. The predicted molar refractivity (Wildman–Crippen MR) is 63.6 cm³/mol. The van der Waals surface area contributed by atoms with E-state index in [1.807, 2.05) is 0 Å². The van der Waals surface area contributed by atoms with Crippen LogP contribution in [0, 0.1) is 5.82 Å². The molecule has 84 valence electrons. The number of halogens is 2. The molecule has 2 nitrogen and oxygen atoms in total. The molecule has 1 heterocycles. The first kappa shape index (κ1) is 11.3. The van der Waals surface area contributed by atoms with Crippen molar-refractivity contribution in [1.29, 1.82) is 0 Å². The van der Waals surface area contributed by atoms with Crippen LogP contribution >= 0.6 is 15.9 Å². The second kappa shape index (κ2) is 4.37. The Balaban J connectivity index is 2.30. The van der Waals surface area contributed by atoms with Gasteiger partial charge in [0, 0.05) is 23.9 Å². The quantitative estimate of drug-likeness (QED) is 0.904. The number of rotatable bonds is 2. The van der Waals surface area contributed by atoms with Gasteiger partial charge in [0.2, 0.25) is 0 Å². The lowest BCUT2D eigenvalue weighted by molar-refractivity contribution is -0.113. The van der Waals surface area contributed by atoms with Gasteiger partial charge in [0.25, 0.3) is 0 Å². The minimum absolute atomic E-state index is 0.0139. The van der Waals surface area contributed by atoms with Crippen molar-refractivity contribution < 1.29 is 9.18 Å². The summed E-state index contributed by atoms with van der Waals surface area (Å²) in [5.74, 6) is -0.325. The molecule has 4 heteroatoms. The molecule has 0 bridgehead atoms. The summed E-state index contributed by atoms with van der Waals surface area (Å²) >= 11 is 3.21. The molecule has 0 aliphatic carbocycles. The fraction of sp³-hybridized carbons (Fsp3) is 0.250. The Morgan fingerprint density at radius 2 is 2.31 bits per heavy atom. The minimum atomic E-state index is -0.248. The number of ketones is 1. The fourth-order valence-electron chi connectivity index (χ4n) is 1.78. The molecule has 0 fully saturated rings. The standard InChI is InChI=1S/C12H11BrFNO/c1-7(16)12-4-8(6-15-12)10-3-2-9(13)5-11(10)14/h2-5,8,15H,6H2,1H3. The number of nitrogens with one attached hydrogen (secondary N) is 1. The molecule has 0 saturated carbocycles. The van der Waals surface area contributed by atoms with E-state index in [1.165, 1.54) is 13.0 Å². The lowest BCUT2D eigenvalue weighted by Crippen LogP contribution is -2.15. The van der Waals surface area contributed by atoms with Crippen LogP contribution in [0.2, 0.25) is 0 Å². The van der Waals surface area contributed by atoms with Crippen LogP contribution in [-0.4, -0.2) is 12.3 Å². The first-order chi connectivity index (χ1) is 7.58. The van der Waals surface area contributed by atoms with Gasteiger partial charge in [-0.15, -0.1) is 0 Å². The van der Waals surface area contributed by atoms with Gasteiger partial charge in [-0.2, -0.15) is 0 Å². The molecular weight excluding hydrogens is 273 g/mol. The van der Waals surface area contributed by atoms with Gasteiger partial charge >= 0.3 is 0 Å². The smallest absolute Gasteiger partial charge is 0.175 e.